The molecule has 0 amide bonds. The summed E-state index contributed by atoms with van der Waals surface area (Å²) in [7, 11) is 1.40. The molecule has 0 radical (unpaired) electrons. The molecule has 0 fully saturated rings. The Morgan fingerprint density at radius 3 is 2.44 bits per heavy atom. The molecule has 0 bridgehead atoms. The summed E-state index contributed by atoms with van der Waals surface area (Å²) >= 11 is 4.75. The lowest BCUT2D eigenvalue weighted by molar-refractivity contribution is -0.142. The summed E-state index contributed by atoms with van der Waals surface area (Å²) in [6.07, 6.45) is -4.35. The van der Waals surface area contributed by atoms with Gasteiger partial charge in [0, 0.05) is 7.11 Å². The molecule has 1 rings (SSSR count). The third-order valence-corrected chi connectivity index (χ3v) is 2.46. The number of methoxy groups -OCH3 is 1. The fraction of sp³-hybridized carbons (Fsp3) is 0.750. The first-order chi connectivity index (χ1) is 7.17. The highest BCUT2D eigenvalue weighted by atomic mass is 32.1. The van der Waals surface area contributed by atoms with Gasteiger partial charge in [-0.25, -0.2) is 0 Å². The molecule has 0 unspecified atom stereocenters. The molecule has 4 nitrogen and oxygen atoms in total. The SMILES string of the molecule is COC(C)(C)c1n[nH]c(=S)n1CC(F)(F)F. The number of aromatic amines is 1. The first-order valence-corrected chi connectivity index (χ1v) is 4.86. The molecule has 0 atom stereocenters. The van der Waals surface area contributed by atoms with Gasteiger partial charge < -0.3 is 4.74 Å². The van der Waals surface area contributed by atoms with Crippen LogP contribution in [-0.2, 0) is 16.9 Å². The molecule has 0 aliphatic heterocycles. The maximum atomic E-state index is 12.3. The molecule has 0 aromatic carbocycles. The maximum absolute atomic E-state index is 12.3. The largest absolute Gasteiger partial charge is 0.406 e. The van der Waals surface area contributed by atoms with E-state index in [1.165, 1.54) is 7.11 Å². The van der Waals surface area contributed by atoms with Crippen LogP contribution < -0.4 is 0 Å². The summed E-state index contributed by atoms with van der Waals surface area (Å²) in [5.74, 6) is 0.123. The van der Waals surface area contributed by atoms with Gasteiger partial charge in [0.05, 0.1) is 0 Å². The minimum Gasteiger partial charge on any atom is -0.371 e. The van der Waals surface area contributed by atoms with Crippen LogP contribution in [0.1, 0.15) is 19.7 Å². The summed E-state index contributed by atoms with van der Waals surface area (Å²) in [6, 6.07) is 0. The molecule has 0 saturated heterocycles. The third-order valence-electron chi connectivity index (χ3n) is 2.14. The maximum Gasteiger partial charge on any atom is 0.406 e. The van der Waals surface area contributed by atoms with Crippen molar-refractivity contribution in [2.45, 2.75) is 32.2 Å². The number of halogens is 3. The third kappa shape index (κ3) is 2.82. The number of nitrogens with zero attached hydrogens (tertiary/aromatic N) is 2. The van der Waals surface area contributed by atoms with E-state index in [0.717, 1.165) is 4.57 Å². The Kier molecular flexibility index (Phi) is 3.44. The van der Waals surface area contributed by atoms with E-state index in [0.29, 0.717) is 0 Å². The molecule has 1 aromatic rings. The zero-order valence-electron chi connectivity index (χ0n) is 9.05. The number of hydrogen-bond acceptors (Lipinski definition) is 3. The van der Waals surface area contributed by atoms with Crippen molar-refractivity contribution < 1.29 is 17.9 Å². The molecular formula is C8H12F3N3OS. The van der Waals surface area contributed by atoms with Crippen molar-refractivity contribution in [1.29, 1.82) is 0 Å². The minimum absolute atomic E-state index is 0.0718. The fourth-order valence-electron chi connectivity index (χ4n) is 1.19. The number of H-pyrrole nitrogens is 1. The van der Waals surface area contributed by atoms with Crippen LogP contribution in [0.5, 0.6) is 0 Å². The van der Waals surface area contributed by atoms with Crippen molar-refractivity contribution >= 4 is 12.2 Å². The van der Waals surface area contributed by atoms with Crippen LogP contribution in [0.3, 0.4) is 0 Å². The Morgan fingerprint density at radius 1 is 1.44 bits per heavy atom. The first kappa shape index (κ1) is 13.2. The van der Waals surface area contributed by atoms with Crippen LogP contribution in [0, 0.1) is 4.77 Å². The monoisotopic (exact) mass is 255 g/mol. The normalized spacial score (nSPS) is 13.1. The average molecular weight is 255 g/mol. The van der Waals surface area contributed by atoms with Gasteiger partial charge in [-0.15, -0.1) is 0 Å². The van der Waals surface area contributed by atoms with Crippen LogP contribution in [0.2, 0.25) is 0 Å². The number of rotatable bonds is 3. The molecule has 0 aliphatic rings. The molecule has 1 heterocycles. The smallest absolute Gasteiger partial charge is 0.371 e. The molecule has 92 valence electrons. The van der Waals surface area contributed by atoms with Crippen molar-refractivity contribution in [1.82, 2.24) is 14.8 Å². The molecule has 8 heteroatoms. The van der Waals surface area contributed by atoms with E-state index in [4.69, 9.17) is 17.0 Å². The molecule has 0 aliphatic carbocycles. The second-order valence-electron chi connectivity index (χ2n) is 3.77. The average Bonchev–Trinajstić information content (AvgIpc) is 2.46. The van der Waals surface area contributed by atoms with Crippen LogP contribution in [0.4, 0.5) is 13.2 Å². The quantitative estimate of drug-likeness (QED) is 0.843. The van der Waals surface area contributed by atoms with Gasteiger partial charge in [-0.3, -0.25) is 9.67 Å². The highest BCUT2D eigenvalue weighted by molar-refractivity contribution is 7.71. The Morgan fingerprint density at radius 2 is 2.00 bits per heavy atom. The lowest BCUT2D eigenvalue weighted by atomic mass is 10.1. The lowest BCUT2D eigenvalue weighted by Crippen LogP contribution is -2.28. The van der Waals surface area contributed by atoms with E-state index in [1.54, 1.807) is 13.8 Å². The summed E-state index contributed by atoms with van der Waals surface area (Å²) in [5.41, 5.74) is -0.932. The van der Waals surface area contributed by atoms with Gasteiger partial charge >= 0.3 is 6.18 Å². The van der Waals surface area contributed by atoms with Gasteiger partial charge in [0.15, 0.2) is 10.6 Å². The van der Waals surface area contributed by atoms with Crippen LogP contribution in [0.25, 0.3) is 0 Å². The molecule has 1 N–H and O–H groups in total. The first-order valence-electron chi connectivity index (χ1n) is 4.45. The molecular weight excluding hydrogens is 243 g/mol. The zero-order valence-corrected chi connectivity index (χ0v) is 9.87. The second-order valence-corrected chi connectivity index (χ2v) is 4.15. The van der Waals surface area contributed by atoms with Gasteiger partial charge in [-0.2, -0.15) is 18.3 Å². The van der Waals surface area contributed by atoms with E-state index in [1.807, 2.05) is 0 Å². The van der Waals surface area contributed by atoms with Gasteiger partial charge in [0.2, 0.25) is 0 Å². The summed E-state index contributed by atoms with van der Waals surface area (Å²) in [4.78, 5) is 0. The fourth-order valence-corrected chi connectivity index (χ4v) is 1.39. The predicted molar refractivity (Wildman–Crippen MR) is 53.5 cm³/mol. The van der Waals surface area contributed by atoms with Crippen molar-refractivity contribution in [2.24, 2.45) is 0 Å². The standard InChI is InChI=1S/C8H12F3N3OS/c1-7(2,15-3)5-12-13-6(16)14(5)4-8(9,10)11/h4H2,1-3H3,(H,13,16). The van der Waals surface area contributed by atoms with E-state index < -0.39 is 18.3 Å². The van der Waals surface area contributed by atoms with Gasteiger partial charge in [0.1, 0.15) is 12.1 Å². The Labute approximate surface area is 95.4 Å². The number of alkyl halides is 3. The zero-order chi connectivity index (χ0) is 12.6. The minimum atomic E-state index is -4.35. The van der Waals surface area contributed by atoms with Crippen molar-refractivity contribution in [3.63, 3.8) is 0 Å². The van der Waals surface area contributed by atoms with Gasteiger partial charge in [-0.1, -0.05) is 0 Å². The second kappa shape index (κ2) is 4.17. The van der Waals surface area contributed by atoms with E-state index in [-0.39, 0.29) is 10.6 Å². The lowest BCUT2D eigenvalue weighted by Gasteiger charge is -2.22. The Hall–Kier alpha value is -0.890. The van der Waals surface area contributed by atoms with Gasteiger partial charge in [-0.05, 0) is 26.1 Å². The number of aromatic nitrogens is 3. The Balaban J connectivity index is 3.19. The highest BCUT2D eigenvalue weighted by Crippen LogP contribution is 2.25. The highest BCUT2D eigenvalue weighted by Gasteiger charge is 2.34. The number of hydrogen-bond donors (Lipinski definition) is 1. The van der Waals surface area contributed by atoms with E-state index in [2.05, 4.69) is 10.2 Å². The predicted octanol–water partition coefficient (Wildman–Crippen LogP) is 2.38. The van der Waals surface area contributed by atoms with Crippen LogP contribution >= 0.6 is 12.2 Å². The topological polar surface area (TPSA) is 42.8 Å². The van der Waals surface area contributed by atoms with Crippen LogP contribution in [-0.4, -0.2) is 28.1 Å². The summed E-state index contributed by atoms with van der Waals surface area (Å²) < 4.78 is 42.9. The van der Waals surface area contributed by atoms with E-state index in [9.17, 15) is 13.2 Å². The molecule has 1 aromatic heterocycles. The molecule has 16 heavy (non-hydrogen) atoms. The van der Waals surface area contributed by atoms with Crippen LogP contribution in [0.15, 0.2) is 0 Å². The van der Waals surface area contributed by atoms with Crippen molar-refractivity contribution in [3.8, 4) is 0 Å². The van der Waals surface area contributed by atoms with Crippen molar-refractivity contribution in [2.75, 3.05) is 7.11 Å². The van der Waals surface area contributed by atoms with E-state index >= 15 is 0 Å². The number of ether oxygens (including phenoxy) is 1. The van der Waals surface area contributed by atoms with Crippen molar-refractivity contribution in [3.05, 3.63) is 10.6 Å². The summed E-state index contributed by atoms with van der Waals surface area (Å²) in [5, 5.41) is 6.10. The number of nitrogens with one attached hydrogen (secondary N) is 1. The van der Waals surface area contributed by atoms with Gasteiger partial charge in [0.25, 0.3) is 0 Å². The summed E-state index contributed by atoms with van der Waals surface area (Å²) in [6.45, 7) is 2.06. The molecule has 0 saturated carbocycles. The molecule has 0 spiro atoms. The Bertz CT molecular complexity index is 421.